The third kappa shape index (κ3) is 3.41. The van der Waals surface area contributed by atoms with Gasteiger partial charge in [-0.3, -0.25) is 14.9 Å². The van der Waals surface area contributed by atoms with E-state index in [0.717, 1.165) is 0 Å². The molecule has 0 bridgehead atoms. The lowest BCUT2D eigenvalue weighted by Gasteiger charge is -2.12. The van der Waals surface area contributed by atoms with E-state index in [-0.39, 0.29) is 10.6 Å². The van der Waals surface area contributed by atoms with Crippen molar-refractivity contribution in [3.05, 3.63) is 34.4 Å². The molecular weight excluding hydrogens is 248 g/mol. The number of carbonyl (C=O) groups is 1. The number of carboxylic acids is 1. The molecule has 0 fully saturated rings. The van der Waals surface area contributed by atoms with Crippen molar-refractivity contribution < 1.29 is 19.4 Å². The lowest BCUT2D eigenvalue weighted by atomic mass is 10.3. The van der Waals surface area contributed by atoms with E-state index in [1.807, 2.05) is 0 Å². The van der Waals surface area contributed by atoms with Crippen LogP contribution < -0.4 is 4.72 Å². The summed E-state index contributed by atoms with van der Waals surface area (Å²) in [5.74, 6) is -1.18. The fourth-order valence-corrected chi connectivity index (χ4v) is 2.12. The largest absolute Gasteiger partial charge is 0.593 e. The number of nitrogens with one attached hydrogen (secondary N) is 1. The van der Waals surface area contributed by atoms with Gasteiger partial charge in [-0.25, -0.2) is 0 Å². The minimum atomic E-state index is -1.94. The lowest BCUT2D eigenvalue weighted by Crippen LogP contribution is -2.38. The summed E-state index contributed by atoms with van der Waals surface area (Å²) < 4.78 is 14.0. The number of para-hydroxylation sites is 1. The molecule has 0 aliphatic carbocycles. The highest BCUT2D eigenvalue weighted by Crippen LogP contribution is 2.22. The molecule has 2 atom stereocenters. The smallest absolute Gasteiger partial charge is 0.325 e. The first-order chi connectivity index (χ1) is 7.93. The fraction of sp³-hybridized carbons (Fsp3) is 0.222. The molecule has 1 aromatic rings. The summed E-state index contributed by atoms with van der Waals surface area (Å²) in [5, 5.41) is 19.3. The number of nitrogens with zero attached hydrogens (tertiary/aromatic N) is 1. The predicted molar refractivity (Wildman–Crippen MR) is 59.7 cm³/mol. The monoisotopic (exact) mass is 258 g/mol. The summed E-state index contributed by atoms with van der Waals surface area (Å²) in [6.45, 7) is 1.30. The first-order valence-electron chi connectivity index (χ1n) is 4.57. The molecule has 0 aliphatic heterocycles. The molecule has 7 nitrogen and oxygen atoms in total. The van der Waals surface area contributed by atoms with Crippen LogP contribution in [0.1, 0.15) is 6.92 Å². The Morgan fingerprint density at radius 1 is 1.53 bits per heavy atom. The van der Waals surface area contributed by atoms with Gasteiger partial charge in [0.2, 0.25) is 0 Å². The molecule has 0 radical (unpaired) electrons. The predicted octanol–water partition coefficient (Wildman–Crippen LogP) is 0.680. The second-order valence-electron chi connectivity index (χ2n) is 3.17. The quantitative estimate of drug-likeness (QED) is 0.456. The van der Waals surface area contributed by atoms with E-state index in [1.165, 1.54) is 31.2 Å². The zero-order chi connectivity index (χ0) is 13.0. The summed E-state index contributed by atoms with van der Waals surface area (Å²) >= 11 is -1.94. The Hall–Kier alpha value is -1.64. The van der Waals surface area contributed by atoms with Crippen molar-refractivity contribution in [2.24, 2.45) is 0 Å². The Labute approximate surface area is 99.9 Å². The molecular formula is C9H10N2O5S. The van der Waals surface area contributed by atoms with Gasteiger partial charge in [-0.2, -0.15) is 0 Å². The van der Waals surface area contributed by atoms with Gasteiger partial charge in [0.1, 0.15) is 6.04 Å². The van der Waals surface area contributed by atoms with Crippen molar-refractivity contribution in [3.8, 4) is 0 Å². The molecule has 0 heterocycles. The fourth-order valence-electron chi connectivity index (χ4n) is 1.04. The second-order valence-corrected chi connectivity index (χ2v) is 4.38. The number of aliphatic carboxylic acids is 1. The van der Waals surface area contributed by atoms with Crippen molar-refractivity contribution in [2.75, 3.05) is 0 Å². The zero-order valence-electron chi connectivity index (χ0n) is 8.82. The second kappa shape index (κ2) is 5.62. The van der Waals surface area contributed by atoms with Gasteiger partial charge in [0.15, 0.2) is 0 Å². The summed E-state index contributed by atoms with van der Waals surface area (Å²) in [6.07, 6.45) is 0. The van der Waals surface area contributed by atoms with E-state index in [4.69, 9.17) is 5.11 Å². The molecule has 0 aromatic heterocycles. The van der Waals surface area contributed by atoms with Crippen LogP contribution in [0, 0.1) is 10.1 Å². The van der Waals surface area contributed by atoms with E-state index in [2.05, 4.69) is 4.72 Å². The highest BCUT2D eigenvalue weighted by Gasteiger charge is 2.27. The van der Waals surface area contributed by atoms with Crippen molar-refractivity contribution in [1.82, 2.24) is 4.72 Å². The first-order valence-corrected chi connectivity index (χ1v) is 5.72. The van der Waals surface area contributed by atoms with Gasteiger partial charge < -0.3 is 9.66 Å². The van der Waals surface area contributed by atoms with Crippen LogP contribution >= 0.6 is 0 Å². The van der Waals surface area contributed by atoms with Gasteiger partial charge in [0.25, 0.3) is 4.90 Å². The Balaban J connectivity index is 2.92. The van der Waals surface area contributed by atoms with Crippen LogP contribution in [0.4, 0.5) is 5.69 Å². The molecule has 1 rings (SSSR count). The Bertz CT molecular complexity index is 439. The number of carboxylic acid groups (broad SMARTS) is 1. The highest BCUT2D eigenvalue weighted by molar-refractivity contribution is 7.89. The van der Waals surface area contributed by atoms with Gasteiger partial charge >= 0.3 is 11.7 Å². The van der Waals surface area contributed by atoms with E-state index in [1.54, 1.807) is 0 Å². The van der Waals surface area contributed by atoms with E-state index in [0.29, 0.717) is 0 Å². The average Bonchev–Trinajstić information content (AvgIpc) is 2.28. The van der Waals surface area contributed by atoms with Crippen molar-refractivity contribution >= 4 is 23.0 Å². The molecule has 17 heavy (non-hydrogen) atoms. The SMILES string of the molecule is CC(N[S+]([O-])c1ccccc1[N+](=O)[O-])C(=O)O. The number of hydrogen-bond donors (Lipinski definition) is 2. The number of rotatable bonds is 5. The van der Waals surface area contributed by atoms with E-state index >= 15 is 0 Å². The molecule has 2 unspecified atom stereocenters. The van der Waals surface area contributed by atoms with Gasteiger partial charge in [0, 0.05) is 12.1 Å². The minimum absolute atomic E-state index is 0.0504. The van der Waals surface area contributed by atoms with E-state index in [9.17, 15) is 19.5 Å². The lowest BCUT2D eigenvalue weighted by molar-refractivity contribution is -0.387. The van der Waals surface area contributed by atoms with Crippen LogP contribution in [-0.2, 0) is 16.2 Å². The van der Waals surface area contributed by atoms with Gasteiger partial charge in [-0.15, -0.1) is 4.72 Å². The van der Waals surface area contributed by atoms with Crippen molar-refractivity contribution in [2.45, 2.75) is 17.9 Å². The molecule has 0 saturated carbocycles. The molecule has 92 valence electrons. The van der Waals surface area contributed by atoms with Crippen LogP contribution in [0.5, 0.6) is 0 Å². The zero-order valence-corrected chi connectivity index (χ0v) is 9.64. The Morgan fingerprint density at radius 3 is 2.65 bits per heavy atom. The highest BCUT2D eigenvalue weighted by atomic mass is 32.2. The molecule has 2 N–H and O–H groups in total. The maximum Gasteiger partial charge on any atom is 0.325 e. The normalized spacial score (nSPS) is 14.0. The standard InChI is InChI=1S/C9H10N2O5S/c1-6(9(12)13)10-17(16)8-5-3-2-4-7(8)11(14)15/h2-6,10H,1H3,(H,12,13). The number of benzene rings is 1. The van der Waals surface area contributed by atoms with Gasteiger partial charge in [-0.05, 0) is 6.92 Å². The summed E-state index contributed by atoms with van der Waals surface area (Å²) in [6, 6.07) is 4.40. The number of hydrogen-bond acceptors (Lipinski definition) is 5. The molecule has 0 spiro atoms. The summed E-state index contributed by atoms with van der Waals surface area (Å²) in [5.41, 5.74) is -0.309. The average molecular weight is 258 g/mol. The Morgan fingerprint density at radius 2 is 2.12 bits per heavy atom. The number of nitro groups is 1. The maximum atomic E-state index is 11.7. The van der Waals surface area contributed by atoms with Crippen LogP contribution in [0.2, 0.25) is 0 Å². The van der Waals surface area contributed by atoms with Gasteiger partial charge in [-0.1, -0.05) is 12.1 Å². The van der Waals surface area contributed by atoms with Crippen LogP contribution in [0.15, 0.2) is 29.2 Å². The van der Waals surface area contributed by atoms with Crippen LogP contribution in [-0.4, -0.2) is 26.6 Å². The third-order valence-corrected chi connectivity index (χ3v) is 3.23. The third-order valence-electron chi connectivity index (χ3n) is 1.92. The van der Waals surface area contributed by atoms with E-state index < -0.39 is 28.3 Å². The molecule has 0 amide bonds. The van der Waals surface area contributed by atoms with Gasteiger partial charge in [0.05, 0.1) is 16.3 Å². The summed E-state index contributed by atoms with van der Waals surface area (Å²) in [4.78, 5) is 20.5. The Kier molecular flexibility index (Phi) is 4.44. The molecule has 0 aliphatic rings. The topological polar surface area (TPSA) is 116 Å². The first kappa shape index (κ1) is 13.4. The minimum Gasteiger partial charge on any atom is -0.593 e. The number of nitro benzene ring substituents is 1. The maximum absolute atomic E-state index is 11.7. The van der Waals surface area contributed by atoms with Crippen LogP contribution in [0.3, 0.4) is 0 Å². The van der Waals surface area contributed by atoms with Crippen LogP contribution in [0.25, 0.3) is 0 Å². The summed E-state index contributed by atoms with van der Waals surface area (Å²) in [7, 11) is 0. The molecule has 0 saturated heterocycles. The van der Waals surface area contributed by atoms with Crippen molar-refractivity contribution in [3.63, 3.8) is 0 Å². The van der Waals surface area contributed by atoms with Crippen molar-refractivity contribution in [1.29, 1.82) is 0 Å². The molecule has 8 heteroatoms. The molecule has 1 aromatic carbocycles.